The van der Waals surface area contributed by atoms with Gasteiger partial charge in [-0.3, -0.25) is 0 Å². The summed E-state index contributed by atoms with van der Waals surface area (Å²) in [7, 11) is 2.23. The molecule has 2 fully saturated rings. The van der Waals surface area contributed by atoms with E-state index in [9.17, 15) is 9.90 Å². The van der Waals surface area contributed by atoms with Gasteiger partial charge in [0.15, 0.2) is 0 Å². The van der Waals surface area contributed by atoms with E-state index in [0.717, 1.165) is 19.4 Å². The molecule has 0 amide bonds. The van der Waals surface area contributed by atoms with Crippen molar-refractivity contribution in [2.45, 2.75) is 63.8 Å². The molecule has 1 aliphatic heterocycles. The Labute approximate surface area is 139 Å². The third-order valence-corrected chi connectivity index (χ3v) is 6.56. The largest absolute Gasteiger partial charge is 0.478 e. The van der Waals surface area contributed by atoms with Crippen LogP contribution in [0.15, 0.2) is 18.2 Å². The van der Waals surface area contributed by atoms with Gasteiger partial charge in [-0.25, -0.2) is 4.79 Å². The van der Waals surface area contributed by atoms with Crippen LogP contribution in [0.4, 0.5) is 0 Å². The fraction of sp³-hybridized carbons (Fsp3) is 0.650. The van der Waals surface area contributed by atoms with Gasteiger partial charge >= 0.3 is 5.97 Å². The lowest BCUT2D eigenvalue weighted by Crippen LogP contribution is -2.55. The molecule has 1 unspecified atom stereocenters. The number of hydrogen-bond donors (Lipinski definition) is 1. The second-order valence-electron chi connectivity index (χ2n) is 7.51. The van der Waals surface area contributed by atoms with Crippen molar-refractivity contribution in [2.75, 3.05) is 13.6 Å². The number of hydrogen-bond acceptors (Lipinski definition) is 2. The summed E-state index contributed by atoms with van der Waals surface area (Å²) in [4.78, 5) is 14.0. The minimum atomic E-state index is -0.807. The number of rotatable bonds is 3. The number of carboxylic acid groups (broad SMARTS) is 1. The summed E-state index contributed by atoms with van der Waals surface area (Å²) in [5, 5.41) is 9.45. The van der Waals surface area contributed by atoms with Crippen molar-refractivity contribution >= 4 is 5.97 Å². The van der Waals surface area contributed by atoms with Crippen LogP contribution in [0.3, 0.4) is 0 Å². The zero-order chi connectivity index (χ0) is 16.6. The van der Waals surface area contributed by atoms with Gasteiger partial charge in [0, 0.05) is 11.5 Å². The zero-order valence-corrected chi connectivity index (χ0v) is 14.6. The van der Waals surface area contributed by atoms with E-state index in [4.69, 9.17) is 0 Å². The fourth-order valence-electron chi connectivity index (χ4n) is 5.12. The molecule has 3 rings (SSSR count). The summed E-state index contributed by atoms with van der Waals surface area (Å²) in [5.74, 6) is -0.164. The number of aryl methyl sites for hydroxylation is 1. The van der Waals surface area contributed by atoms with E-state index < -0.39 is 5.97 Å². The standard InChI is InChI=1S/C20H29NO2/c1-4-15-8-9-16(19(22)23)13-18(15)20-10-6-5-7-17(20)14(2)21(3)12-11-20/h8-9,13-14,17H,4-7,10-12H2,1-3H3,(H,22,23)/t14?,17-,20+/m0/s1. The molecule has 23 heavy (non-hydrogen) atoms. The molecule has 1 N–H and O–H groups in total. The number of carbonyl (C=O) groups is 1. The summed E-state index contributed by atoms with van der Waals surface area (Å²) in [6.45, 7) is 5.65. The Morgan fingerprint density at radius 2 is 2.13 bits per heavy atom. The molecule has 1 saturated carbocycles. The average molecular weight is 315 g/mol. The van der Waals surface area contributed by atoms with Crippen molar-refractivity contribution in [2.24, 2.45) is 5.92 Å². The number of likely N-dealkylation sites (tertiary alicyclic amines) is 1. The van der Waals surface area contributed by atoms with Crippen molar-refractivity contribution in [3.8, 4) is 0 Å². The van der Waals surface area contributed by atoms with Crippen LogP contribution in [0.25, 0.3) is 0 Å². The maximum absolute atomic E-state index is 11.5. The van der Waals surface area contributed by atoms with Gasteiger partial charge in [-0.1, -0.05) is 25.8 Å². The normalized spacial score (nSPS) is 31.6. The molecule has 2 aliphatic rings. The molecule has 0 radical (unpaired) electrons. The first kappa shape index (κ1) is 16.5. The Morgan fingerprint density at radius 1 is 1.35 bits per heavy atom. The Balaban J connectivity index is 2.13. The highest BCUT2D eigenvalue weighted by molar-refractivity contribution is 5.88. The summed E-state index contributed by atoms with van der Waals surface area (Å²) in [6.07, 6.45) is 7.21. The van der Waals surface area contributed by atoms with Gasteiger partial charge in [0.1, 0.15) is 0 Å². The quantitative estimate of drug-likeness (QED) is 0.913. The van der Waals surface area contributed by atoms with Crippen LogP contribution in [0.5, 0.6) is 0 Å². The number of benzene rings is 1. The third-order valence-electron chi connectivity index (χ3n) is 6.56. The average Bonchev–Trinajstić information content (AvgIpc) is 2.57. The predicted molar refractivity (Wildman–Crippen MR) is 93.1 cm³/mol. The maximum atomic E-state index is 11.5. The van der Waals surface area contributed by atoms with Crippen molar-refractivity contribution in [3.05, 3.63) is 34.9 Å². The van der Waals surface area contributed by atoms with Crippen LogP contribution >= 0.6 is 0 Å². The van der Waals surface area contributed by atoms with Crippen molar-refractivity contribution in [3.63, 3.8) is 0 Å². The molecule has 1 aromatic carbocycles. The predicted octanol–water partition coefficient (Wildman–Crippen LogP) is 4.10. The van der Waals surface area contributed by atoms with E-state index in [1.807, 2.05) is 6.07 Å². The van der Waals surface area contributed by atoms with Crippen molar-refractivity contribution < 1.29 is 9.90 Å². The minimum absolute atomic E-state index is 0.182. The van der Waals surface area contributed by atoms with Crippen LogP contribution in [0.1, 0.15) is 67.4 Å². The molecule has 1 heterocycles. The monoisotopic (exact) mass is 315 g/mol. The lowest BCUT2D eigenvalue weighted by Gasteiger charge is -2.54. The fourth-order valence-corrected chi connectivity index (χ4v) is 5.12. The van der Waals surface area contributed by atoms with Crippen LogP contribution in [0, 0.1) is 5.92 Å². The second kappa shape index (κ2) is 6.27. The third kappa shape index (κ3) is 2.69. The lowest BCUT2D eigenvalue weighted by atomic mass is 9.56. The van der Waals surface area contributed by atoms with Gasteiger partial charge < -0.3 is 10.0 Å². The number of piperidine rings is 1. The van der Waals surface area contributed by atoms with Crippen LogP contribution in [0.2, 0.25) is 0 Å². The number of carboxylic acids is 1. The summed E-state index contributed by atoms with van der Waals surface area (Å²) in [5.41, 5.74) is 3.31. The first-order chi connectivity index (χ1) is 11.0. The topological polar surface area (TPSA) is 40.5 Å². The van der Waals surface area contributed by atoms with E-state index in [2.05, 4.69) is 31.9 Å². The van der Waals surface area contributed by atoms with Gasteiger partial charge in [0.05, 0.1) is 5.56 Å². The summed E-state index contributed by atoms with van der Waals surface area (Å²) < 4.78 is 0. The molecule has 0 aromatic heterocycles. The van der Waals surface area contributed by atoms with Crippen LogP contribution < -0.4 is 0 Å². The van der Waals surface area contributed by atoms with Gasteiger partial charge in [0.2, 0.25) is 0 Å². The number of nitrogens with zero attached hydrogens (tertiary/aromatic N) is 1. The molecular weight excluding hydrogens is 286 g/mol. The molecule has 1 aliphatic carbocycles. The highest BCUT2D eigenvalue weighted by Gasteiger charge is 2.48. The highest BCUT2D eigenvalue weighted by Crippen LogP contribution is 2.52. The van der Waals surface area contributed by atoms with Gasteiger partial charge in [-0.15, -0.1) is 0 Å². The van der Waals surface area contributed by atoms with Crippen molar-refractivity contribution in [1.29, 1.82) is 0 Å². The Bertz CT molecular complexity index is 597. The summed E-state index contributed by atoms with van der Waals surface area (Å²) >= 11 is 0. The molecule has 1 saturated heterocycles. The molecular formula is C20H29NO2. The van der Waals surface area contributed by atoms with E-state index >= 15 is 0 Å². The summed E-state index contributed by atoms with van der Waals surface area (Å²) in [6, 6.07) is 6.40. The van der Waals surface area contributed by atoms with Crippen LogP contribution in [-0.2, 0) is 11.8 Å². The van der Waals surface area contributed by atoms with E-state index in [0.29, 0.717) is 17.5 Å². The molecule has 0 bridgehead atoms. The van der Waals surface area contributed by atoms with E-state index in [-0.39, 0.29) is 5.41 Å². The first-order valence-electron chi connectivity index (χ1n) is 9.06. The number of aromatic carboxylic acids is 1. The Morgan fingerprint density at radius 3 is 2.83 bits per heavy atom. The zero-order valence-electron chi connectivity index (χ0n) is 14.6. The molecule has 3 atom stereocenters. The van der Waals surface area contributed by atoms with Crippen molar-refractivity contribution in [1.82, 2.24) is 4.90 Å². The Kier molecular flexibility index (Phi) is 4.50. The molecule has 126 valence electrons. The SMILES string of the molecule is CCc1ccc(C(=O)O)cc1[C@@]12CCCC[C@H]1C(C)N(C)CC2. The van der Waals surface area contributed by atoms with Gasteiger partial charge in [-0.2, -0.15) is 0 Å². The highest BCUT2D eigenvalue weighted by atomic mass is 16.4. The smallest absolute Gasteiger partial charge is 0.335 e. The molecule has 1 aromatic rings. The second-order valence-corrected chi connectivity index (χ2v) is 7.51. The Hall–Kier alpha value is -1.35. The van der Waals surface area contributed by atoms with Gasteiger partial charge in [-0.05, 0) is 75.4 Å². The maximum Gasteiger partial charge on any atom is 0.335 e. The minimum Gasteiger partial charge on any atom is -0.478 e. The lowest BCUT2D eigenvalue weighted by molar-refractivity contribution is 0.0224. The molecule has 0 spiro atoms. The van der Waals surface area contributed by atoms with E-state index in [1.54, 1.807) is 6.07 Å². The van der Waals surface area contributed by atoms with Crippen LogP contribution in [-0.4, -0.2) is 35.6 Å². The first-order valence-corrected chi connectivity index (χ1v) is 9.06. The van der Waals surface area contributed by atoms with E-state index in [1.165, 1.54) is 36.8 Å². The van der Waals surface area contributed by atoms with Gasteiger partial charge in [0.25, 0.3) is 0 Å². The molecule has 3 nitrogen and oxygen atoms in total. The molecule has 3 heteroatoms. The number of fused-ring (bicyclic) bond motifs is 1.